The van der Waals surface area contributed by atoms with Gasteiger partial charge in [-0.1, -0.05) is 11.8 Å². The third-order valence-electron chi connectivity index (χ3n) is 2.96. The van der Waals surface area contributed by atoms with Crippen LogP contribution < -0.4 is 0 Å². The summed E-state index contributed by atoms with van der Waals surface area (Å²) in [5.74, 6) is -0.224. The molecule has 0 aliphatic carbocycles. The standard InChI is InChI=1S/C14H20O4S/c1-8-7-10(15)9(5-6-14(2,3)18)12(16)11(8)13(17)19-4/h7,15-16,18H,5-6H2,1-4H3. The van der Waals surface area contributed by atoms with Crippen molar-refractivity contribution in [2.75, 3.05) is 6.26 Å². The lowest BCUT2D eigenvalue weighted by Gasteiger charge is -2.19. The van der Waals surface area contributed by atoms with Crippen molar-refractivity contribution in [2.24, 2.45) is 0 Å². The summed E-state index contributed by atoms with van der Waals surface area (Å²) in [7, 11) is 0. The predicted molar refractivity (Wildman–Crippen MR) is 77.0 cm³/mol. The SMILES string of the molecule is CSC(=O)c1c(C)cc(O)c(CCC(C)(C)O)c1O. The van der Waals surface area contributed by atoms with Gasteiger partial charge in [-0.15, -0.1) is 0 Å². The first-order chi connectivity index (χ1) is 8.67. The van der Waals surface area contributed by atoms with E-state index in [1.165, 1.54) is 6.07 Å². The summed E-state index contributed by atoms with van der Waals surface area (Å²) >= 11 is 1.01. The summed E-state index contributed by atoms with van der Waals surface area (Å²) in [5, 5.41) is 29.5. The number of thioether (sulfide) groups is 1. The van der Waals surface area contributed by atoms with Gasteiger partial charge in [0.2, 0.25) is 5.12 Å². The first-order valence-corrected chi connectivity index (χ1v) is 7.25. The Morgan fingerprint density at radius 3 is 2.42 bits per heavy atom. The second-order valence-corrected chi connectivity index (χ2v) is 6.00. The molecule has 0 aliphatic heterocycles. The second kappa shape index (κ2) is 5.84. The van der Waals surface area contributed by atoms with E-state index < -0.39 is 5.60 Å². The number of carbonyl (C=O) groups is 1. The van der Waals surface area contributed by atoms with Crippen LogP contribution in [0, 0.1) is 6.92 Å². The van der Waals surface area contributed by atoms with Crippen molar-refractivity contribution in [3.8, 4) is 11.5 Å². The Balaban J connectivity index is 3.21. The summed E-state index contributed by atoms with van der Waals surface area (Å²) in [5.41, 5.74) is 0.190. The molecular weight excluding hydrogens is 264 g/mol. The number of rotatable bonds is 4. The van der Waals surface area contributed by atoms with Crippen molar-refractivity contribution in [1.82, 2.24) is 0 Å². The predicted octanol–water partition coefficient (Wildman–Crippen LogP) is 2.61. The highest BCUT2D eigenvalue weighted by Gasteiger charge is 2.22. The molecule has 0 radical (unpaired) electrons. The average Bonchev–Trinajstić information content (AvgIpc) is 2.26. The lowest BCUT2D eigenvalue weighted by Crippen LogP contribution is -2.19. The van der Waals surface area contributed by atoms with Crippen LogP contribution in [0.5, 0.6) is 11.5 Å². The number of hydrogen-bond donors (Lipinski definition) is 3. The van der Waals surface area contributed by atoms with Crippen LogP contribution in [-0.4, -0.2) is 32.3 Å². The van der Waals surface area contributed by atoms with Crippen LogP contribution in [0.3, 0.4) is 0 Å². The smallest absolute Gasteiger partial charge is 0.223 e. The van der Waals surface area contributed by atoms with Crippen molar-refractivity contribution in [3.63, 3.8) is 0 Å². The lowest BCUT2D eigenvalue weighted by atomic mass is 9.94. The molecule has 1 aromatic carbocycles. The number of carbonyl (C=O) groups excluding carboxylic acids is 1. The maximum atomic E-state index is 11.8. The van der Waals surface area contributed by atoms with Gasteiger partial charge in [0.15, 0.2) is 0 Å². The number of benzene rings is 1. The molecule has 0 saturated heterocycles. The van der Waals surface area contributed by atoms with Gasteiger partial charge in [-0.05, 0) is 51.5 Å². The number of aryl methyl sites for hydroxylation is 1. The third kappa shape index (κ3) is 3.88. The molecule has 0 bridgehead atoms. The highest BCUT2D eigenvalue weighted by Crippen LogP contribution is 2.36. The van der Waals surface area contributed by atoms with Gasteiger partial charge < -0.3 is 15.3 Å². The summed E-state index contributed by atoms with van der Waals surface area (Å²) in [6.07, 6.45) is 2.32. The molecule has 3 N–H and O–H groups in total. The van der Waals surface area contributed by atoms with Gasteiger partial charge in [0.05, 0.1) is 11.2 Å². The summed E-state index contributed by atoms with van der Waals surface area (Å²) in [6, 6.07) is 1.48. The first kappa shape index (κ1) is 15.9. The highest BCUT2D eigenvalue weighted by molar-refractivity contribution is 8.13. The molecule has 0 spiro atoms. The second-order valence-electron chi connectivity index (χ2n) is 5.22. The number of aromatic hydroxyl groups is 2. The molecule has 0 heterocycles. The van der Waals surface area contributed by atoms with Crippen molar-refractivity contribution < 1.29 is 20.1 Å². The van der Waals surface area contributed by atoms with E-state index in [1.54, 1.807) is 27.0 Å². The van der Waals surface area contributed by atoms with E-state index in [1.807, 2.05) is 0 Å². The van der Waals surface area contributed by atoms with Crippen molar-refractivity contribution >= 4 is 16.9 Å². The van der Waals surface area contributed by atoms with E-state index in [0.717, 1.165) is 11.8 Å². The van der Waals surface area contributed by atoms with Crippen LogP contribution in [0.4, 0.5) is 0 Å². The fourth-order valence-electron chi connectivity index (χ4n) is 1.86. The molecule has 1 rings (SSSR count). The molecule has 0 saturated carbocycles. The van der Waals surface area contributed by atoms with Gasteiger partial charge in [-0.2, -0.15) is 0 Å². The topological polar surface area (TPSA) is 77.8 Å². The van der Waals surface area contributed by atoms with Crippen molar-refractivity contribution in [3.05, 3.63) is 22.8 Å². The Morgan fingerprint density at radius 2 is 1.95 bits per heavy atom. The van der Waals surface area contributed by atoms with Crippen LogP contribution in [-0.2, 0) is 6.42 Å². The first-order valence-electron chi connectivity index (χ1n) is 6.02. The van der Waals surface area contributed by atoms with Gasteiger partial charge in [-0.3, -0.25) is 4.79 Å². The zero-order valence-electron chi connectivity index (χ0n) is 11.6. The van der Waals surface area contributed by atoms with E-state index in [0.29, 0.717) is 24.0 Å². The van der Waals surface area contributed by atoms with Crippen LogP contribution in [0.15, 0.2) is 6.07 Å². The van der Waals surface area contributed by atoms with Crippen molar-refractivity contribution in [1.29, 1.82) is 0 Å². The highest BCUT2D eigenvalue weighted by atomic mass is 32.2. The lowest BCUT2D eigenvalue weighted by molar-refractivity contribution is 0.0711. The van der Waals surface area contributed by atoms with E-state index in [9.17, 15) is 20.1 Å². The third-order valence-corrected chi connectivity index (χ3v) is 3.53. The fraction of sp³-hybridized carbons (Fsp3) is 0.500. The molecule has 0 aliphatic rings. The molecule has 0 fully saturated rings. The van der Waals surface area contributed by atoms with Crippen LogP contribution in [0.25, 0.3) is 0 Å². The maximum Gasteiger partial charge on any atom is 0.223 e. The molecule has 1 aromatic rings. The molecule has 5 heteroatoms. The largest absolute Gasteiger partial charge is 0.508 e. The summed E-state index contributed by atoms with van der Waals surface area (Å²) < 4.78 is 0. The Labute approximate surface area is 117 Å². The molecule has 0 unspecified atom stereocenters. The summed E-state index contributed by atoms with van der Waals surface area (Å²) in [4.78, 5) is 11.8. The van der Waals surface area contributed by atoms with Crippen LogP contribution in [0.2, 0.25) is 0 Å². The normalized spacial score (nSPS) is 11.6. The Hall–Kier alpha value is -1.20. The van der Waals surface area contributed by atoms with Crippen LogP contribution >= 0.6 is 11.8 Å². The molecule has 106 valence electrons. The van der Waals surface area contributed by atoms with Gasteiger partial charge >= 0.3 is 0 Å². The number of hydrogen-bond acceptors (Lipinski definition) is 5. The number of phenols is 2. The van der Waals surface area contributed by atoms with E-state index >= 15 is 0 Å². The molecular formula is C14H20O4S. The minimum absolute atomic E-state index is 0.0445. The molecule has 4 nitrogen and oxygen atoms in total. The zero-order valence-corrected chi connectivity index (χ0v) is 12.5. The minimum atomic E-state index is -0.895. The van der Waals surface area contributed by atoms with Gasteiger partial charge in [0, 0.05) is 5.56 Å². The van der Waals surface area contributed by atoms with E-state index in [2.05, 4.69) is 0 Å². The average molecular weight is 284 g/mol. The van der Waals surface area contributed by atoms with Gasteiger partial charge in [0.25, 0.3) is 0 Å². The van der Waals surface area contributed by atoms with Gasteiger partial charge in [-0.25, -0.2) is 0 Å². The summed E-state index contributed by atoms with van der Waals surface area (Å²) in [6.45, 7) is 4.98. The Morgan fingerprint density at radius 1 is 1.37 bits per heavy atom. The fourth-order valence-corrected chi connectivity index (χ4v) is 2.32. The molecule has 0 atom stereocenters. The van der Waals surface area contributed by atoms with Crippen LogP contribution in [0.1, 0.15) is 41.8 Å². The molecule has 0 aromatic heterocycles. The maximum absolute atomic E-state index is 11.8. The Bertz CT molecular complexity index is 489. The van der Waals surface area contributed by atoms with Crippen molar-refractivity contribution in [2.45, 2.75) is 39.2 Å². The van der Waals surface area contributed by atoms with Gasteiger partial charge in [0.1, 0.15) is 11.5 Å². The monoisotopic (exact) mass is 284 g/mol. The Kier molecular flexibility index (Phi) is 4.87. The van der Waals surface area contributed by atoms with E-state index in [4.69, 9.17) is 0 Å². The quantitative estimate of drug-likeness (QED) is 0.792. The van der Waals surface area contributed by atoms with E-state index in [-0.39, 0.29) is 22.2 Å². The minimum Gasteiger partial charge on any atom is -0.508 e. The number of aliphatic hydroxyl groups is 1. The molecule has 19 heavy (non-hydrogen) atoms. The number of phenolic OH excluding ortho intramolecular Hbond substituents is 2. The zero-order chi connectivity index (χ0) is 14.8. The molecule has 0 amide bonds.